The summed E-state index contributed by atoms with van der Waals surface area (Å²) in [5, 5.41) is 12.0. The highest BCUT2D eigenvalue weighted by atomic mass is 19.1. The third-order valence-corrected chi connectivity index (χ3v) is 3.06. The van der Waals surface area contributed by atoms with Gasteiger partial charge in [-0.25, -0.2) is 4.39 Å². The Kier molecular flexibility index (Phi) is 3.62. The number of anilines is 1. The molecule has 0 aliphatic rings. The molecule has 0 unspecified atom stereocenters. The van der Waals surface area contributed by atoms with Crippen LogP contribution in [0.1, 0.15) is 10.6 Å². The molecule has 0 saturated carbocycles. The normalized spacial score (nSPS) is 10.4. The Bertz CT molecular complexity index is 809. The molecule has 0 spiro atoms. The fourth-order valence-electron chi connectivity index (χ4n) is 2.01. The van der Waals surface area contributed by atoms with Gasteiger partial charge in [0, 0.05) is 17.3 Å². The Balaban J connectivity index is 1.78. The number of phenolic OH excluding ortho intramolecular Hbond substituents is 1. The number of benzene rings is 2. The van der Waals surface area contributed by atoms with Crippen molar-refractivity contribution in [3.8, 4) is 17.1 Å². The maximum Gasteiger partial charge on any atom is 0.291 e. The zero-order valence-corrected chi connectivity index (χ0v) is 11.4. The van der Waals surface area contributed by atoms with E-state index < -0.39 is 5.91 Å². The van der Waals surface area contributed by atoms with Crippen LogP contribution in [0.25, 0.3) is 11.3 Å². The van der Waals surface area contributed by atoms with Crippen LogP contribution in [0.2, 0.25) is 0 Å². The Morgan fingerprint density at radius 3 is 2.55 bits per heavy atom. The minimum atomic E-state index is -0.432. The van der Waals surface area contributed by atoms with Gasteiger partial charge in [0.1, 0.15) is 17.3 Å². The number of furan rings is 1. The fourth-order valence-corrected chi connectivity index (χ4v) is 2.01. The van der Waals surface area contributed by atoms with Gasteiger partial charge in [0.05, 0.1) is 0 Å². The molecule has 5 heteroatoms. The first-order chi connectivity index (χ1) is 10.6. The number of carbonyl (C=O) groups is 1. The summed E-state index contributed by atoms with van der Waals surface area (Å²) in [6, 6.07) is 15.2. The molecule has 0 atom stereocenters. The van der Waals surface area contributed by atoms with Gasteiger partial charge >= 0.3 is 0 Å². The Morgan fingerprint density at radius 2 is 1.82 bits per heavy atom. The monoisotopic (exact) mass is 297 g/mol. The lowest BCUT2D eigenvalue weighted by atomic mass is 10.2. The zero-order valence-electron chi connectivity index (χ0n) is 11.4. The van der Waals surface area contributed by atoms with Crippen molar-refractivity contribution in [2.75, 3.05) is 5.32 Å². The predicted octanol–water partition coefficient (Wildman–Crippen LogP) is 4.04. The van der Waals surface area contributed by atoms with Crippen molar-refractivity contribution < 1.29 is 18.7 Å². The maximum atomic E-state index is 12.9. The molecule has 1 heterocycles. The average molecular weight is 297 g/mol. The van der Waals surface area contributed by atoms with Crippen LogP contribution in [0.3, 0.4) is 0 Å². The van der Waals surface area contributed by atoms with Gasteiger partial charge in [0.15, 0.2) is 5.76 Å². The first-order valence-electron chi connectivity index (χ1n) is 6.58. The summed E-state index contributed by atoms with van der Waals surface area (Å²) in [4.78, 5) is 12.1. The van der Waals surface area contributed by atoms with Crippen LogP contribution in [-0.2, 0) is 0 Å². The summed E-state index contributed by atoms with van der Waals surface area (Å²) in [6.07, 6.45) is 0. The third kappa shape index (κ3) is 2.98. The summed E-state index contributed by atoms with van der Waals surface area (Å²) in [5.74, 6) is -0.107. The highest BCUT2D eigenvalue weighted by molar-refractivity contribution is 6.02. The summed E-state index contributed by atoms with van der Waals surface area (Å²) in [5.41, 5.74) is 1.14. The van der Waals surface area contributed by atoms with Gasteiger partial charge in [-0.1, -0.05) is 6.07 Å². The first-order valence-corrected chi connectivity index (χ1v) is 6.58. The minimum Gasteiger partial charge on any atom is -0.508 e. The molecule has 22 heavy (non-hydrogen) atoms. The van der Waals surface area contributed by atoms with Gasteiger partial charge in [-0.3, -0.25) is 4.79 Å². The largest absolute Gasteiger partial charge is 0.508 e. The second-order valence-corrected chi connectivity index (χ2v) is 4.68. The van der Waals surface area contributed by atoms with Gasteiger partial charge in [-0.15, -0.1) is 0 Å². The smallest absolute Gasteiger partial charge is 0.291 e. The maximum absolute atomic E-state index is 12.9. The number of aromatic hydroxyl groups is 1. The average Bonchev–Trinajstić information content (AvgIpc) is 2.98. The van der Waals surface area contributed by atoms with Gasteiger partial charge in [0.2, 0.25) is 0 Å². The first kappa shape index (κ1) is 13.9. The van der Waals surface area contributed by atoms with Crippen molar-refractivity contribution in [1.29, 1.82) is 0 Å². The van der Waals surface area contributed by atoms with Crippen LogP contribution in [0, 0.1) is 5.82 Å². The minimum absolute atomic E-state index is 0.0595. The van der Waals surface area contributed by atoms with Crippen molar-refractivity contribution in [3.05, 3.63) is 72.2 Å². The molecule has 0 fully saturated rings. The molecular formula is C17H12FNO3. The van der Waals surface area contributed by atoms with E-state index in [1.807, 2.05) is 0 Å². The summed E-state index contributed by atoms with van der Waals surface area (Å²) in [7, 11) is 0. The van der Waals surface area contributed by atoms with E-state index in [2.05, 4.69) is 5.32 Å². The van der Waals surface area contributed by atoms with Crippen molar-refractivity contribution >= 4 is 11.6 Å². The van der Waals surface area contributed by atoms with E-state index in [1.54, 1.807) is 30.3 Å². The number of phenols is 1. The lowest BCUT2D eigenvalue weighted by Gasteiger charge is -2.03. The number of rotatable bonds is 3. The standard InChI is InChI=1S/C17H12FNO3/c18-12-6-4-11(5-7-12)15-8-9-16(22-15)17(21)19-13-2-1-3-14(20)10-13/h1-10,20H,(H,19,21). The molecule has 2 aromatic carbocycles. The van der Waals surface area contributed by atoms with Crippen LogP contribution in [-0.4, -0.2) is 11.0 Å². The molecule has 0 aliphatic heterocycles. The molecule has 4 nitrogen and oxygen atoms in total. The van der Waals surface area contributed by atoms with E-state index in [9.17, 15) is 14.3 Å². The number of amides is 1. The number of hydrogen-bond acceptors (Lipinski definition) is 3. The summed E-state index contributed by atoms with van der Waals surface area (Å²) < 4.78 is 18.4. The topological polar surface area (TPSA) is 62.5 Å². The van der Waals surface area contributed by atoms with E-state index in [-0.39, 0.29) is 17.3 Å². The van der Waals surface area contributed by atoms with Gasteiger partial charge in [0.25, 0.3) is 5.91 Å². The highest BCUT2D eigenvalue weighted by Gasteiger charge is 2.12. The van der Waals surface area contributed by atoms with Crippen LogP contribution >= 0.6 is 0 Å². The molecule has 2 N–H and O–H groups in total. The predicted molar refractivity (Wildman–Crippen MR) is 80.2 cm³/mol. The molecule has 0 bridgehead atoms. The lowest BCUT2D eigenvalue weighted by molar-refractivity contribution is 0.0997. The second-order valence-electron chi connectivity index (χ2n) is 4.68. The number of hydrogen-bond donors (Lipinski definition) is 2. The van der Waals surface area contributed by atoms with Gasteiger partial charge in [-0.05, 0) is 48.5 Å². The molecule has 1 aromatic heterocycles. The van der Waals surface area contributed by atoms with E-state index in [4.69, 9.17) is 4.42 Å². The Morgan fingerprint density at radius 1 is 1.05 bits per heavy atom. The SMILES string of the molecule is O=C(Nc1cccc(O)c1)c1ccc(-c2ccc(F)cc2)o1. The molecule has 110 valence electrons. The Hall–Kier alpha value is -3.08. The third-order valence-electron chi connectivity index (χ3n) is 3.06. The van der Waals surface area contributed by atoms with Crippen molar-refractivity contribution in [3.63, 3.8) is 0 Å². The van der Waals surface area contributed by atoms with Crippen LogP contribution < -0.4 is 5.32 Å². The number of carbonyl (C=O) groups excluding carboxylic acids is 1. The van der Waals surface area contributed by atoms with Gasteiger partial charge in [-0.2, -0.15) is 0 Å². The van der Waals surface area contributed by atoms with Crippen molar-refractivity contribution in [2.45, 2.75) is 0 Å². The molecular weight excluding hydrogens is 285 g/mol. The molecule has 3 rings (SSSR count). The molecule has 0 aliphatic carbocycles. The second kappa shape index (κ2) is 5.73. The zero-order chi connectivity index (χ0) is 15.5. The van der Waals surface area contributed by atoms with E-state index in [0.717, 1.165) is 0 Å². The van der Waals surface area contributed by atoms with Crippen LogP contribution in [0.5, 0.6) is 5.75 Å². The lowest BCUT2D eigenvalue weighted by Crippen LogP contribution is -2.10. The van der Waals surface area contributed by atoms with Gasteiger partial charge < -0.3 is 14.8 Å². The summed E-state index contributed by atoms with van der Waals surface area (Å²) in [6.45, 7) is 0. The molecule has 3 aromatic rings. The number of halogens is 1. The van der Waals surface area contributed by atoms with E-state index >= 15 is 0 Å². The molecule has 0 saturated heterocycles. The van der Waals surface area contributed by atoms with E-state index in [0.29, 0.717) is 17.0 Å². The molecule has 1 amide bonds. The van der Waals surface area contributed by atoms with Crippen molar-refractivity contribution in [1.82, 2.24) is 0 Å². The fraction of sp³-hybridized carbons (Fsp3) is 0. The van der Waals surface area contributed by atoms with Crippen LogP contribution in [0.4, 0.5) is 10.1 Å². The van der Waals surface area contributed by atoms with Crippen LogP contribution in [0.15, 0.2) is 65.1 Å². The number of nitrogens with one attached hydrogen (secondary N) is 1. The molecule has 0 radical (unpaired) electrons. The van der Waals surface area contributed by atoms with Crippen molar-refractivity contribution in [2.24, 2.45) is 0 Å². The quantitative estimate of drug-likeness (QED) is 0.766. The summed E-state index contributed by atoms with van der Waals surface area (Å²) >= 11 is 0. The Labute approximate surface area is 125 Å². The highest BCUT2D eigenvalue weighted by Crippen LogP contribution is 2.23. The van der Waals surface area contributed by atoms with E-state index in [1.165, 1.54) is 30.3 Å².